The van der Waals surface area contributed by atoms with Crippen molar-refractivity contribution in [1.82, 2.24) is 9.13 Å². The number of hydrogen-bond donors (Lipinski definition) is 2. The number of nitrogens with zero attached hydrogens (tertiary/aromatic N) is 2. The first kappa shape index (κ1) is 26.7. The maximum absolute atomic E-state index is 7.07. The zero-order valence-corrected chi connectivity index (χ0v) is 26.2. The maximum Gasteiger partial charge on any atom is 0.145 e. The Kier molecular flexibility index (Phi) is 5.58. The zero-order chi connectivity index (χ0) is 31.9. The van der Waals surface area contributed by atoms with E-state index in [4.69, 9.17) is 10.2 Å². The molecule has 10 rings (SSSR count). The van der Waals surface area contributed by atoms with Crippen molar-refractivity contribution in [3.63, 3.8) is 0 Å². The van der Waals surface area contributed by atoms with E-state index >= 15 is 0 Å². The van der Waals surface area contributed by atoms with Crippen LogP contribution in [0.3, 0.4) is 0 Å². The Balaban J connectivity index is 1.30. The molecular formula is C43H30N4O. The van der Waals surface area contributed by atoms with E-state index in [0.29, 0.717) is 0 Å². The van der Waals surface area contributed by atoms with Crippen molar-refractivity contribution in [2.75, 3.05) is 18.1 Å². The molecule has 48 heavy (non-hydrogen) atoms. The van der Waals surface area contributed by atoms with Crippen LogP contribution in [0.15, 0.2) is 150 Å². The first-order chi connectivity index (χ1) is 23.7. The van der Waals surface area contributed by atoms with Gasteiger partial charge in [-0.1, -0.05) is 78.9 Å². The molecule has 228 valence electrons. The number of fused-ring (bicyclic) bond motifs is 10. The number of nitrogens with one attached hydrogen (secondary N) is 1. The molecule has 5 nitrogen and oxygen atoms in total. The van der Waals surface area contributed by atoms with Crippen LogP contribution in [0.5, 0.6) is 0 Å². The predicted octanol–water partition coefficient (Wildman–Crippen LogP) is 11.1. The van der Waals surface area contributed by atoms with E-state index in [9.17, 15) is 0 Å². The summed E-state index contributed by atoms with van der Waals surface area (Å²) >= 11 is 0. The molecule has 0 unspecified atom stereocenters. The molecule has 0 aliphatic carbocycles. The third kappa shape index (κ3) is 3.67. The van der Waals surface area contributed by atoms with Gasteiger partial charge >= 0.3 is 0 Å². The van der Waals surface area contributed by atoms with Gasteiger partial charge in [-0.2, -0.15) is 0 Å². The maximum atomic E-state index is 7.07. The number of aromatic nitrogens is 2. The van der Waals surface area contributed by atoms with Crippen LogP contribution in [-0.2, 0) is 0 Å². The van der Waals surface area contributed by atoms with E-state index in [1.54, 1.807) is 0 Å². The number of para-hydroxylation sites is 4. The summed E-state index contributed by atoms with van der Waals surface area (Å²) in [6.45, 7) is 0. The lowest BCUT2D eigenvalue weighted by atomic mass is 9.99. The highest BCUT2D eigenvalue weighted by molar-refractivity contribution is 6.25. The Morgan fingerprint density at radius 1 is 0.500 bits per heavy atom. The molecule has 10 aromatic rings. The summed E-state index contributed by atoms with van der Waals surface area (Å²) in [7, 11) is 1.96. The second-order valence-corrected chi connectivity index (χ2v) is 12.4. The molecule has 0 radical (unpaired) electrons. The number of benzene rings is 7. The van der Waals surface area contributed by atoms with Gasteiger partial charge < -0.3 is 24.6 Å². The molecular weight excluding hydrogens is 589 g/mol. The molecule has 3 aromatic heterocycles. The summed E-state index contributed by atoms with van der Waals surface area (Å²) in [4.78, 5) is 0. The minimum atomic E-state index is 0.751. The molecule has 0 aliphatic heterocycles. The first-order valence-electron chi connectivity index (χ1n) is 16.2. The molecule has 0 aliphatic rings. The molecule has 5 heteroatoms. The number of anilines is 2. The summed E-state index contributed by atoms with van der Waals surface area (Å²) in [5, 5.41) is 10.2. The SMILES string of the molecule is CNc1ccc(-c2cccc3c2oc2c3ccc3c2c2ccccc2n3-c2ccccc2)c(-n2c3ccccc3c3cc(N)ccc32)c1. The summed E-state index contributed by atoms with van der Waals surface area (Å²) in [5.41, 5.74) is 18.7. The van der Waals surface area contributed by atoms with Gasteiger partial charge in [0, 0.05) is 62.2 Å². The quantitative estimate of drug-likeness (QED) is 0.193. The fourth-order valence-electron chi connectivity index (χ4n) is 7.73. The molecule has 7 aromatic carbocycles. The van der Waals surface area contributed by atoms with Crippen molar-refractivity contribution < 1.29 is 4.42 Å². The Morgan fingerprint density at radius 2 is 1.19 bits per heavy atom. The summed E-state index contributed by atoms with van der Waals surface area (Å²) < 4.78 is 11.8. The van der Waals surface area contributed by atoms with Crippen LogP contribution in [0.2, 0.25) is 0 Å². The van der Waals surface area contributed by atoms with E-state index in [1.165, 1.54) is 10.8 Å². The average molecular weight is 619 g/mol. The van der Waals surface area contributed by atoms with Gasteiger partial charge in [-0.3, -0.25) is 0 Å². The van der Waals surface area contributed by atoms with Gasteiger partial charge in [-0.25, -0.2) is 0 Å². The van der Waals surface area contributed by atoms with Crippen molar-refractivity contribution in [2.45, 2.75) is 0 Å². The molecule has 0 fully saturated rings. The van der Waals surface area contributed by atoms with Crippen LogP contribution < -0.4 is 11.1 Å². The monoisotopic (exact) mass is 618 g/mol. The number of hydrogen-bond acceptors (Lipinski definition) is 3. The fraction of sp³-hybridized carbons (Fsp3) is 0.0233. The highest BCUT2D eigenvalue weighted by atomic mass is 16.3. The van der Waals surface area contributed by atoms with E-state index in [2.05, 4.69) is 154 Å². The number of nitrogen functional groups attached to an aromatic ring is 1. The predicted molar refractivity (Wildman–Crippen MR) is 202 cm³/mol. The van der Waals surface area contributed by atoms with E-state index in [1.807, 2.05) is 13.1 Å². The van der Waals surface area contributed by atoms with Crippen LogP contribution in [0.1, 0.15) is 0 Å². The van der Waals surface area contributed by atoms with Crippen molar-refractivity contribution >= 4 is 76.9 Å². The van der Waals surface area contributed by atoms with E-state index in [0.717, 1.165) is 88.7 Å². The van der Waals surface area contributed by atoms with Gasteiger partial charge in [-0.05, 0) is 66.7 Å². The van der Waals surface area contributed by atoms with Gasteiger partial charge in [0.05, 0.1) is 33.1 Å². The molecule has 0 atom stereocenters. The topological polar surface area (TPSA) is 61.0 Å². The molecule has 0 amide bonds. The molecule has 3 heterocycles. The zero-order valence-electron chi connectivity index (χ0n) is 26.2. The highest BCUT2D eigenvalue weighted by Crippen LogP contribution is 2.45. The Morgan fingerprint density at radius 3 is 2.02 bits per heavy atom. The van der Waals surface area contributed by atoms with Gasteiger partial charge in [0.15, 0.2) is 0 Å². The summed E-state index contributed by atoms with van der Waals surface area (Å²) in [6, 6.07) is 51.4. The van der Waals surface area contributed by atoms with Crippen LogP contribution >= 0.6 is 0 Å². The fourth-order valence-corrected chi connectivity index (χ4v) is 7.73. The Labute approximate surface area is 276 Å². The van der Waals surface area contributed by atoms with Crippen molar-refractivity contribution in [3.05, 3.63) is 146 Å². The molecule has 0 saturated carbocycles. The van der Waals surface area contributed by atoms with Gasteiger partial charge in [-0.15, -0.1) is 0 Å². The lowest BCUT2D eigenvalue weighted by molar-refractivity contribution is 0.674. The average Bonchev–Trinajstić information content (AvgIpc) is 3.79. The van der Waals surface area contributed by atoms with Crippen LogP contribution in [0.25, 0.3) is 88.1 Å². The van der Waals surface area contributed by atoms with Gasteiger partial charge in [0.25, 0.3) is 0 Å². The number of rotatable bonds is 4. The normalized spacial score (nSPS) is 11.9. The summed E-state index contributed by atoms with van der Waals surface area (Å²) in [6.07, 6.45) is 0. The van der Waals surface area contributed by atoms with Gasteiger partial charge in [0.1, 0.15) is 11.2 Å². The second-order valence-electron chi connectivity index (χ2n) is 12.4. The van der Waals surface area contributed by atoms with Crippen molar-refractivity contribution in [1.29, 1.82) is 0 Å². The Bertz CT molecular complexity index is 2890. The van der Waals surface area contributed by atoms with Gasteiger partial charge in [0.2, 0.25) is 0 Å². The number of furan rings is 1. The molecule has 0 spiro atoms. The van der Waals surface area contributed by atoms with E-state index < -0.39 is 0 Å². The second kappa shape index (κ2) is 10.0. The number of nitrogens with two attached hydrogens (primary N) is 1. The van der Waals surface area contributed by atoms with Crippen LogP contribution in [-0.4, -0.2) is 16.2 Å². The minimum absolute atomic E-state index is 0.751. The summed E-state index contributed by atoms with van der Waals surface area (Å²) in [5.74, 6) is 0. The third-order valence-electron chi connectivity index (χ3n) is 9.83. The molecule has 0 bridgehead atoms. The highest BCUT2D eigenvalue weighted by Gasteiger charge is 2.22. The van der Waals surface area contributed by atoms with Crippen molar-refractivity contribution in [2.24, 2.45) is 0 Å². The van der Waals surface area contributed by atoms with Crippen LogP contribution in [0, 0.1) is 0 Å². The van der Waals surface area contributed by atoms with E-state index in [-0.39, 0.29) is 0 Å². The first-order valence-corrected chi connectivity index (χ1v) is 16.2. The third-order valence-corrected chi connectivity index (χ3v) is 9.83. The lowest BCUT2D eigenvalue weighted by Gasteiger charge is -2.16. The van der Waals surface area contributed by atoms with Crippen molar-refractivity contribution in [3.8, 4) is 22.5 Å². The van der Waals surface area contributed by atoms with Crippen LogP contribution in [0.4, 0.5) is 11.4 Å². The minimum Gasteiger partial charge on any atom is -0.455 e. The molecule has 3 N–H and O–H groups in total. The lowest BCUT2D eigenvalue weighted by Crippen LogP contribution is -1.99. The smallest absolute Gasteiger partial charge is 0.145 e. The molecule has 0 saturated heterocycles. The standard InChI is InChI=1S/C43H30N4O/c1-45-27-19-20-30(40(25-27)47-36-16-7-5-12-29(36)35-24-26(44)18-22-38(35)47)31-14-9-15-32-33-21-23-39-41(43(33)48-42(31)32)34-13-6-8-17-37(34)46(39)28-10-3-2-4-11-28/h2-25,45H,44H2,1H3. The Hall–Kier alpha value is -6.46. The largest absolute Gasteiger partial charge is 0.455 e.